The molecule has 0 heterocycles. The zero-order valence-electron chi connectivity index (χ0n) is 13.0. The topological polar surface area (TPSA) is 12.0 Å². The molecule has 0 saturated heterocycles. The van der Waals surface area contributed by atoms with Crippen LogP contribution in [0.2, 0.25) is 0 Å². The van der Waals surface area contributed by atoms with Crippen LogP contribution in [-0.2, 0) is 0 Å². The standard InChI is InChI=1S/C17H33N/c1-13-7-9-17(4,10-8-13)18-12-16-11-14(2)5-6-15(16)3/h13-16,18H,5-12H2,1-4H3. The molecule has 3 atom stereocenters. The Labute approximate surface area is 114 Å². The summed E-state index contributed by atoms with van der Waals surface area (Å²) < 4.78 is 0. The van der Waals surface area contributed by atoms with Gasteiger partial charge in [-0.25, -0.2) is 0 Å². The third kappa shape index (κ3) is 3.73. The first-order chi connectivity index (χ1) is 8.48. The summed E-state index contributed by atoms with van der Waals surface area (Å²) in [4.78, 5) is 0. The Kier molecular flexibility index (Phi) is 4.75. The van der Waals surface area contributed by atoms with E-state index in [0.717, 1.165) is 23.7 Å². The molecule has 0 aromatic heterocycles. The Hall–Kier alpha value is -0.0400. The lowest BCUT2D eigenvalue weighted by atomic mass is 9.74. The van der Waals surface area contributed by atoms with Gasteiger partial charge in [-0.3, -0.25) is 0 Å². The highest BCUT2D eigenvalue weighted by atomic mass is 15.0. The largest absolute Gasteiger partial charge is 0.311 e. The molecule has 0 aromatic carbocycles. The second kappa shape index (κ2) is 5.94. The minimum absolute atomic E-state index is 0.437. The van der Waals surface area contributed by atoms with Crippen molar-refractivity contribution in [2.75, 3.05) is 6.54 Å². The van der Waals surface area contributed by atoms with Crippen LogP contribution in [-0.4, -0.2) is 12.1 Å². The molecule has 2 aliphatic rings. The van der Waals surface area contributed by atoms with Crippen molar-refractivity contribution in [3.05, 3.63) is 0 Å². The lowest BCUT2D eigenvalue weighted by Crippen LogP contribution is -2.48. The quantitative estimate of drug-likeness (QED) is 0.772. The fourth-order valence-corrected chi connectivity index (χ4v) is 3.89. The second-order valence-electron chi connectivity index (χ2n) is 7.78. The summed E-state index contributed by atoms with van der Waals surface area (Å²) >= 11 is 0. The SMILES string of the molecule is CC1CCC(C)(NCC2CC(C)CCC2C)CC1. The number of hydrogen-bond donors (Lipinski definition) is 1. The van der Waals surface area contributed by atoms with Crippen LogP contribution in [0.1, 0.15) is 72.6 Å². The summed E-state index contributed by atoms with van der Waals surface area (Å²) in [7, 11) is 0. The zero-order valence-corrected chi connectivity index (χ0v) is 13.0. The fraction of sp³-hybridized carbons (Fsp3) is 1.00. The number of nitrogens with one attached hydrogen (secondary N) is 1. The molecule has 0 aliphatic heterocycles. The van der Waals surface area contributed by atoms with Crippen LogP contribution in [0.15, 0.2) is 0 Å². The molecule has 2 rings (SSSR count). The van der Waals surface area contributed by atoms with Crippen molar-refractivity contribution < 1.29 is 0 Å². The first-order valence-electron chi connectivity index (χ1n) is 8.23. The molecule has 0 radical (unpaired) electrons. The average molecular weight is 251 g/mol. The molecule has 0 spiro atoms. The van der Waals surface area contributed by atoms with E-state index < -0.39 is 0 Å². The molecule has 1 nitrogen and oxygen atoms in total. The van der Waals surface area contributed by atoms with Gasteiger partial charge in [0.2, 0.25) is 0 Å². The van der Waals surface area contributed by atoms with Gasteiger partial charge < -0.3 is 5.32 Å². The molecule has 0 aromatic rings. The third-order valence-electron chi connectivity index (χ3n) is 5.79. The molecule has 0 amide bonds. The van der Waals surface area contributed by atoms with Crippen molar-refractivity contribution in [3.63, 3.8) is 0 Å². The van der Waals surface area contributed by atoms with Gasteiger partial charge in [0.25, 0.3) is 0 Å². The highest BCUT2D eigenvalue weighted by Crippen LogP contribution is 2.35. The van der Waals surface area contributed by atoms with Crippen molar-refractivity contribution in [1.82, 2.24) is 5.32 Å². The predicted octanol–water partition coefficient (Wildman–Crippen LogP) is 4.62. The summed E-state index contributed by atoms with van der Waals surface area (Å²) in [6.45, 7) is 11.0. The van der Waals surface area contributed by atoms with Crippen molar-refractivity contribution in [3.8, 4) is 0 Å². The molecule has 2 saturated carbocycles. The summed E-state index contributed by atoms with van der Waals surface area (Å²) in [6, 6.07) is 0. The van der Waals surface area contributed by atoms with Gasteiger partial charge in [-0.1, -0.05) is 33.6 Å². The summed E-state index contributed by atoms with van der Waals surface area (Å²) in [5.74, 6) is 3.76. The highest BCUT2D eigenvalue weighted by molar-refractivity contribution is 4.89. The van der Waals surface area contributed by atoms with Crippen molar-refractivity contribution in [2.45, 2.75) is 78.2 Å². The van der Waals surface area contributed by atoms with Crippen LogP contribution in [0, 0.1) is 23.7 Å². The van der Waals surface area contributed by atoms with Crippen LogP contribution >= 0.6 is 0 Å². The van der Waals surface area contributed by atoms with E-state index in [0.29, 0.717) is 5.54 Å². The van der Waals surface area contributed by atoms with Crippen molar-refractivity contribution >= 4 is 0 Å². The Morgan fingerprint density at radius 2 is 1.61 bits per heavy atom. The minimum atomic E-state index is 0.437. The Morgan fingerprint density at radius 1 is 0.944 bits per heavy atom. The second-order valence-corrected chi connectivity index (χ2v) is 7.78. The van der Waals surface area contributed by atoms with Gasteiger partial charge in [0.1, 0.15) is 0 Å². The van der Waals surface area contributed by atoms with Gasteiger partial charge in [-0.15, -0.1) is 0 Å². The van der Waals surface area contributed by atoms with E-state index in [9.17, 15) is 0 Å². The molecule has 1 N–H and O–H groups in total. The lowest BCUT2D eigenvalue weighted by Gasteiger charge is -2.40. The molecule has 3 unspecified atom stereocenters. The molecular formula is C17H33N. The minimum Gasteiger partial charge on any atom is -0.311 e. The van der Waals surface area contributed by atoms with E-state index >= 15 is 0 Å². The Morgan fingerprint density at radius 3 is 2.28 bits per heavy atom. The maximum Gasteiger partial charge on any atom is 0.0153 e. The van der Waals surface area contributed by atoms with Gasteiger partial charge in [0, 0.05) is 5.54 Å². The predicted molar refractivity (Wildman–Crippen MR) is 79.7 cm³/mol. The summed E-state index contributed by atoms with van der Waals surface area (Å²) in [5.41, 5.74) is 0.437. The number of hydrogen-bond acceptors (Lipinski definition) is 1. The first-order valence-corrected chi connectivity index (χ1v) is 8.23. The van der Waals surface area contributed by atoms with Gasteiger partial charge in [-0.2, -0.15) is 0 Å². The van der Waals surface area contributed by atoms with Crippen molar-refractivity contribution in [2.24, 2.45) is 23.7 Å². The summed E-state index contributed by atoms with van der Waals surface area (Å²) in [6.07, 6.45) is 9.93. The molecule has 2 fully saturated rings. The number of rotatable bonds is 3. The molecular weight excluding hydrogens is 218 g/mol. The van der Waals surface area contributed by atoms with E-state index in [-0.39, 0.29) is 0 Å². The smallest absolute Gasteiger partial charge is 0.0153 e. The van der Waals surface area contributed by atoms with E-state index in [1.807, 2.05) is 0 Å². The van der Waals surface area contributed by atoms with Crippen LogP contribution in [0.25, 0.3) is 0 Å². The maximum absolute atomic E-state index is 3.94. The normalized spacial score (nSPS) is 46.0. The van der Waals surface area contributed by atoms with E-state index in [2.05, 4.69) is 33.0 Å². The molecule has 0 bridgehead atoms. The van der Waals surface area contributed by atoms with Gasteiger partial charge in [0.15, 0.2) is 0 Å². The molecule has 2 aliphatic carbocycles. The maximum atomic E-state index is 3.94. The van der Waals surface area contributed by atoms with E-state index in [1.54, 1.807) is 0 Å². The van der Waals surface area contributed by atoms with Crippen LogP contribution in [0.4, 0.5) is 0 Å². The molecule has 1 heteroatoms. The van der Waals surface area contributed by atoms with Crippen LogP contribution in [0.3, 0.4) is 0 Å². The molecule has 106 valence electrons. The fourth-order valence-electron chi connectivity index (χ4n) is 3.89. The first kappa shape index (κ1) is 14.4. The van der Waals surface area contributed by atoms with Gasteiger partial charge in [0.05, 0.1) is 0 Å². The van der Waals surface area contributed by atoms with E-state index in [4.69, 9.17) is 0 Å². The van der Waals surface area contributed by atoms with Gasteiger partial charge >= 0.3 is 0 Å². The lowest BCUT2D eigenvalue weighted by molar-refractivity contribution is 0.157. The van der Waals surface area contributed by atoms with Crippen LogP contribution in [0.5, 0.6) is 0 Å². The Bertz CT molecular complexity index is 252. The van der Waals surface area contributed by atoms with Gasteiger partial charge in [-0.05, 0) is 69.2 Å². The highest BCUT2D eigenvalue weighted by Gasteiger charge is 2.31. The van der Waals surface area contributed by atoms with E-state index in [1.165, 1.54) is 51.5 Å². The molecule has 18 heavy (non-hydrogen) atoms. The average Bonchev–Trinajstić information content (AvgIpc) is 2.35. The Balaban J connectivity index is 1.79. The third-order valence-corrected chi connectivity index (χ3v) is 5.79. The van der Waals surface area contributed by atoms with Crippen molar-refractivity contribution in [1.29, 1.82) is 0 Å². The monoisotopic (exact) mass is 251 g/mol. The van der Waals surface area contributed by atoms with Crippen LogP contribution < -0.4 is 5.32 Å². The zero-order chi connectivity index (χ0) is 13.2. The summed E-state index contributed by atoms with van der Waals surface area (Å²) in [5, 5.41) is 3.94.